The van der Waals surface area contributed by atoms with E-state index in [2.05, 4.69) is 30.4 Å². The predicted octanol–water partition coefficient (Wildman–Crippen LogP) is 7.02. The molecule has 0 radical (unpaired) electrons. The molecule has 0 aromatic heterocycles. The molecule has 1 aliphatic rings. The van der Waals surface area contributed by atoms with Crippen molar-refractivity contribution in [3.63, 3.8) is 0 Å². The number of carbonyl (C=O) groups is 3. The third-order valence-corrected chi connectivity index (χ3v) is 8.45. The van der Waals surface area contributed by atoms with Crippen molar-refractivity contribution in [3.8, 4) is 5.75 Å². The Kier molecular flexibility index (Phi) is 11.2. The molecule has 4 aromatic carbocycles. The molecule has 1 unspecified atom stereocenters. The van der Waals surface area contributed by atoms with Crippen LogP contribution in [0.3, 0.4) is 0 Å². The molecular formula is C39H42N2O5. The molecule has 7 nitrogen and oxygen atoms in total. The van der Waals surface area contributed by atoms with Crippen LogP contribution in [0.4, 0.5) is 5.69 Å². The number of nitrogens with zero attached hydrogens (tertiary/aromatic N) is 1. The number of benzene rings is 4. The molecule has 46 heavy (non-hydrogen) atoms. The second-order valence-corrected chi connectivity index (χ2v) is 11.9. The molecular weight excluding hydrogens is 576 g/mol. The van der Waals surface area contributed by atoms with Gasteiger partial charge in [0.2, 0.25) is 5.91 Å². The van der Waals surface area contributed by atoms with E-state index < -0.39 is 12.0 Å². The SMILES string of the molecule is COC(=O)C(Cc1ccc(OCCCN(Cc2cccc(C)c2)C(=O)C2CCC2)cc1)Nc1ccccc1C(=O)c1ccccc1. The van der Waals surface area contributed by atoms with Gasteiger partial charge in [0, 0.05) is 42.2 Å². The normalized spacial score (nSPS) is 13.3. The maximum Gasteiger partial charge on any atom is 0.328 e. The lowest BCUT2D eigenvalue weighted by molar-refractivity contribution is -0.141. The summed E-state index contributed by atoms with van der Waals surface area (Å²) in [4.78, 5) is 41.1. The molecule has 7 heteroatoms. The van der Waals surface area contributed by atoms with Crippen molar-refractivity contribution in [3.05, 3.63) is 131 Å². The molecule has 1 atom stereocenters. The van der Waals surface area contributed by atoms with Crippen LogP contribution in [0.25, 0.3) is 0 Å². The molecule has 5 rings (SSSR count). The zero-order chi connectivity index (χ0) is 32.3. The van der Waals surface area contributed by atoms with Crippen molar-refractivity contribution in [1.82, 2.24) is 4.90 Å². The molecule has 0 spiro atoms. The number of para-hydroxylation sites is 1. The number of methoxy groups -OCH3 is 1. The largest absolute Gasteiger partial charge is 0.494 e. The lowest BCUT2D eigenvalue weighted by atomic mass is 9.84. The number of esters is 1. The van der Waals surface area contributed by atoms with Crippen molar-refractivity contribution in [2.75, 3.05) is 25.6 Å². The fraction of sp³-hybridized carbons (Fsp3) is 0.308. The minimum absolute atomic E-state index is 0.125. The summed E-state index contributed by atoms with van der Waals surface area (Å²) in [5.74, 6) is 0.575. The van der Waals surface area contributed by atoms with Crippen LogP contribution in [0.1, 0.15) is 58.3 Å². The maximum absolute atomic E-state index is 13.2. The molecule has 4 aromatic rings. The number of carbonyl (C=O) groups excluding carboxylic acids is 3. The van der Waals surface area contributed by atoms with Crippen LogP contribution in [0.5, 0.6) is 5.75 Å². The fourth-order valence-corrected chi connectivity index (χ4v) is 5.69. The van der Waals surface area contributed by atoms with Crippen LogP contribution in [-0.4, -0.2) is 48.9 Å². The second kappa shape index (κ2) is 15.9. The summed E-state index contributed by atoms with van der Waals surface area (Å²) in [6.07, 6.45) is 4.18. The standard InChI is InChI=1S/C39H42N2O5/c1-28-11-8-12-30(25-28)27-41(38(43)32-15-9-16-32)23-10-24-46-33-21-19-29(20-22-33)26-36(39(44)45-2)40-35-18-7-6-17-34(35)37(42)31-13-4-3-5-14-31/h3-8,11-14,17-22,25,32,36,40H,9-10,15-16,23-24,26-27H2,1-2H3. The van der Waals surface area contributed by atoms with E-state index in [0.717, 1.165) is 42.6 Å². The van der Waals surface area contributed by atoms with Gasteiger partial charge in [-0.15, -0.1) is 0 Å². The first-order valence-corrected chi connectivity index (χ1v) is 16.0. The highest BCUT2D eigenvalue weighted by Crippen LogP contribution is 2.29. The Morgan fingerprint density at radius 1 is 0.870 bits per heavy atom. The second-order valence-electron chi connectivity index (χ2n) is 11.9. The molecule has 1 N–H and O–H groups in total. The van der Waals surface area contributed by atoms with Gasteiger partial charge in [-0.1, -0.05) is 90.8 Å². The monoisotopic (exact) mass is 618 g/mol. The summed E-state index contributed by atoms with van der Waals surface area (Å²) in [6, 6.07) is 31.5. The summed E-state index contributed by atoms with van der Waals surface area (Å²) in [7, 11) is 1.36. The molecule has 0 bridgehead atoms. The first-order valence-electron chi connectivity index (χ1n) is 16.0. The maximum atomic E-state index is 13.2. The van der Waals surface area contributed by atoms with E-state index in [9.17, 15) is 14.4 Å². The van der Waals surface area contributed by atoms with Crippen molar-refractivity contribution in [1.29, 1.82) is 0 Å². The highest BCUT2D eigenvalue weighted by molar-refractivity contribution is 6.12. The third kappa shape index (κ3) is 8.62. The molecule has 1 fully saturated rings. The number of anilines is 1. The molecule has 0 heterocycles. The average molecular weight is 619 g/mol. The van der Waals surface area contributed by atoms with Crippen LogP contribution in [0, 0.1) is 12.8 Å². The number of hydrogen-bond donors (Lipinski definition) is 1. The van der Waals surface area contributed by atoms with Gasteiger partial charge in [-0.25, -0.2) is 4.79 Å². The Labute approximate surface area is 271 Å². The molecule has 0 saturated heterocycles. The van der Waals surface area contributed by atoms with Crippen LogP contribution in [0.15, 0.2) is 103 Å². The number of nitrogens with one attached hydrogen (secondary N) is 1. The van der Waals surface area contributed by atoms with Crippen molar-refractivity contribution < 1.29 is 23.9 Å². The Bertz CT molecular complexity index is 1620. The third-order valence-electron chi connectivity index (χ3n) is 8.45. The van der Waals surface area contributed by atoms with Crippen molar-refractivity contribution >= 4 is 23.3 Å². The van der Waals surface area contributed by atoms with Gasteiger partial charge in [-0.05, 0) is 61.6 Å². The zero-order valence-corrected chi connectivity index (χ0v) is 26.6. The molecule has 238 valence electrons. The Hall–Kier alpha value is -4.91. The van der Waals surface area contributed by atoms with Gasteiger partial charge >= 0.3 is 5.97 Å². The van der Waals surface area contributed by atoms with Gasteiger partial charge in [0.05, 0.1) is 13.7 Å². The lowest BCUT2D eigenvalue weighted by Crippen LogP contribution is -2.39. The van der Waals surface area contributed by atoms with E-state index in [1.165, 1.54) is 12.7 Å². The Balaban J connectivity index is 1.17. The summed E-state index contributed by atoms with van der Waals surface area (Å²) in [6.45, 7) is 3.81. The highest BCUT2D eigenvalue weighted by atomic mass is 16.5. The van der Waals surface area contributed by atoms with Gasteiger partial charge in [0.1, 0.15) is 11.8 Å². The minimum Gasteiger partial charge on any atom is -0.494 e. The summed E-state index contributed by atoms with van der Waals surface area (Å²) in [5.41, 5.74) is 4.88. The van der Waals surface area contributed by atoms with Gasteiger partial charge in [0.25, 0.3) is 0 Å². The first-order chi connectivity index (χ1) is 22.4. The molecule has 1 amide bonds. The Morgan fingerprint density at radius 3 is 2.30 bits per heavy atom. The van der Waals surface area contributed by atoms with Gasteiger partial charge in [0.15, 0.2) is 5.78 Å². The van der Waals surface area contributed by atoms with E-state index in [0.29, 0.717) is 42.9 Å². The predicted molar refractivity (Wildman–Crippen MR) is 180 cm³/mol. The van der Waals surface area contributed by atoms with E-state index in [1.807, 2.05) is 59.5 Å². The number of aryl methyl sites for hydroxylation is 1. The van der Waals surface area contributed by atoms with Crippen LogP contribution in [0.2, 0.25) is 0 Å². The molecule has 1 saturated carbocycles. The van der Waals surface area contributed by atoms with Crippen molar-refractivity contribution in [2.24, 2.45) is 5.92 Å². The van der Waals surface area contributed by atoms with Gasteiger partial charge in [-0.3, -0.25) is 9.59 Å². The molecule has 1 aliphatic carbocycles. The lowest BCUT2D eigenvalue weighted by Gasteiger charge is -2.32. The van der Waals surface area contributed by atoms with Gasteiger partial charge in [-0.2, -0.15) is 0 Å². The van der Waals surface area contributed by atoms with Crippen molar-refractivity contribution in [2.45, 2.75) is 51.6 Å². The fourth-order valence-electron chi connectivity index (χ4n) is 5.69. The Morgan fingerprint density at radius 2 is 1.61 bits per heavy atom. The average Bonchev–Trinajstić information content (AvgIpc) is 3.05. The minimum atomic E-state index is -0.700. The van der Waals surface area contributed by atoms with Gasteiger partial charge < -0.3 is 19.7 Å². The van der Waals surface area contributed by atoms with E-state index in [1.54, 1.807) is 30.3 Å². The smallest absolute Gasteiger partial charge is 0.328 e. The number of hydrogen-bond acceptors (Lipinski definition) is 6. The summed E-state index contributed by atoms with van der Waals surface area (Å²) in [5, 5.41) is 3.25. The van der Waals surface area contributed by atoms with E-state index in [-0.39, 0.29) is 17.6 Å². The summed E-state index contributed by atoms with van der Waals surface area (Å²) >= 11 is 0. The van der Waals surface area contributed by atoms with E-state index >= 15 is 0 Å². The van der Waals surface area contributed by atoms with Crippen LogP contribution < -0.4 is 10.1 Å². The number of amides is 1. The number of ether oxygens (including phenoxy) is 2. The van der Waals surface area contributed by atoms with E-state index in [4.69, 9.17) is 9.47 Å². The topological polar surface area (TPSA) is 84.9 Å². The van der Waals surface area contributed by atoms with Crippen LogP contribution >= 0.6 is 0 Å². The number of rotatable bonds is 15. The first kappa shape index (κ1) is 32.5. The quantitative estimate of drug-likeness (QED) is 0.0876. The summed E-state index contributed by atoms with van der Waals surface area (Å²) < 4.78 is 11.1. The number of ketones is 1. The van der Waals surface area contributed by atoms with Crippen LogP contribution in [-0.2, 0) is 27.3 Å². The highest BCUT2D eigenvalue weighted by Gasteiger charge is 2.29. The molecule has 0 aliphatic heterocycles. The zero-order valence-electron chi connectivity index (χ0n) is 26.6.